The highest BCUT2D eigenvalue weighted by Gasteiger charge is 2.40. The monoisotopic (exact) mass is 344 g/mol. The third-order valence-corrected chi connectivity index (χ3v) is 3.82. The van der Waals surface area contributed by atoms with Gasteiger partial charge in [-0.3, -0.25) is 9.69 Å². The van der Waals surface area contributed by atoms with Crippen molar-refractivity contribution in [2.75, 3.05) is 25.0 Å². The topological polar surface area (TPSA) is 52.6 Å². The van der Waals surface area contributed by atoms with Crippen molar-refractivity contribution in [2.24, 2.45) is 0 Å². The summed E-state index contributed by atoms with van der Waals surface area (Å²) in [6.45, 7) is 3.18. The Balaban J connectivity index is 1.82. The fraction of sp³-hybridized carbons (Fsp3) is 0.500. The SMILES string of the molecule is CCCC1(O)CN(CC(=O)Nc2ccc(Br)cc2F)C1. The normalized spacial score (nSPS) is 17.6. The molecule has 2 N–H and O–H groups in total. The Kier molecular flexibility index (Phi) is 4.78. The van der Waals surface area contributed by atoms with Crippen LogP contribution in [0.4, 0.5) is 10.1 Å². The van der Waals surface area contributed by atoms with Crippen LogP contribution in [-0.4, -0.2) is 41.1 Å². The predicted octanol–water partition coefficient (Wildman–Crippen LogP) is 2.37. The zero-order chi connectivity index (χ0) is 14.8. The first kappa shape index (κ1) is 15.4. The fourth-order valence-electron chi connectivity index (χ4n) is 2.51. The molecule has 4 nitrogen and oxygen atoms in total. The Hall–Kier alpha value is -0.980. The van der Waals surface area contributed by atoms with E-state index in [2.05, 4.69) is 21.2 Å². The molecule has 0 aromatic heterocycles. The highest BCUT2D eigenvalue weighted by atomic mass is 79.9. The van der Waals surface area contributed by atoms with Crippen LogP contribution in [0.15, 0.2) is 22.7 Å². The molecule has 0 unspecified atom stereocenters. The van der Waals surface area contributed by atoms with Crippen LogP contribution in [0, 0.1) is 5.82 Å². The average molecular weight is 345 g/mol. The van der Waals surface area contributed by atoms with Crippen molar-refractivity contribution < 1.29 is 14.3 Å². The van der Waals surface area contributed by atoms with Crippen LogP contribution in [0.1, 0.15) is 19.8 Å². The Morgan fingerprint density at radius 2 is 2.25 bits per heavy atom. The second kappa shape index (κ2) is 6.20. The Bertz CT molecular complexity index is 504. The van der Waals surface area contributed by atoms with E-state index >= 15 is 0 Å². The largest absolute Gasteiger partial charge is 0.387 e. The molecule has 0 atom stereocenters. The predicted molar refractivity (Wildman–Crippen MR) is 79.0 cm³/mol. The summed E-state index contributed by atoms with van der Waals surface area (Å²) >= 11 is 3.16. The maximum atomic E-state index is 13.6. The smallest absolute Gasteiger partial charge is 0.238 e. The lowest BCUT2D eigenvalue weighted by molar-refractivity contribution is -0.129. The molecule has 6 heteroatoms. The molecule has 1 aliphatic heterocycles. The van der Waals surface area contributed by atoms with E-state index in [1.165, 1.54) is 12.1 Å². The number of aliphatic hydroxyl groups is 1. The first-order valence-corrected chi connectivity index (χ1v) is 7.41. The number of nitrogens with zero attached hydrogens (tertiary/aromatic N) is 1. The van der Waals surface area contributed by atoms with E-state index in [-0.39, 0.29) is 18.1 Å². The molecule has 1 aliphatic rings. The van der Waals surface area contributed by atoms with E-state index < -0.39 is 11.4 Å². The number of amides is 1. The molecule has 0 bridgehead atoms. The van der Waals surface area contributed by atoms with Gasteiger partial charge in [-0.1, -0.05) is 29.3 Å². The number of anilines is 1. The summed E-state index contributed by atoms with van der Waals surface area (Å²) in [7, 11) is 0. The number of carbonyl (C=O) groups is 1. The number of benzene rings is 1. The summed E-state index contributed by atoms with van der Waals surface area (Å²) in [6, 6.07) is 4.49. The molecule has 1 fully saturated rings. The summed E-state index contributed by atoms with van der Waals surface area (Å²) in [5.74, 6) is -0.747. The van der Waals surface area contributed by atoms with Gasteiger partial charge < -0.3 is 10.4 Å². The van der Waals surface area contributed by atoms with Gasteiger partial charge in [0.05, 0.1) is 17.8 Å². The molecule has 20 heavy (non-hydrogen) atoms. The lowest BCUT2D eigenvalue weighted by Crippen LogP contribution is -2.62. The van der Waals surface area contributed by atoms with Gasteiger partial charge in [-0.2, -0.15) is 0 Å². The van der Waals surface area contributed by atoms with Crippen LogP contribution >= 0.6 is 15.9 Å². The number of nitrogens with one attached hydrogen (secondary N) is 1. The van der Waals surface area contributed by atoms with Crippen LogP contribution in [0.2, 0.25) is 0 Å². The number of carbonyl (C=O) groups excluding carboxylic acids is 1. The van der Waals surface area contributed by atoms with Gasteiger partial charge in [0.25, 0.3) is 0 Å². The zero-order valence-electron chi connectivity index (χ0n) is 11.3. The molecule has 1 heterocycles. The molecular formula is C14H18BrFN2O2. The van der Waals surface area contributed by atoms with Gasteiger partial charge in [-0.05, 0) is 24.6 Å². The van der Waals surface area contributed by atoms with Crippen molar-refractivity contribution in [3.05, 3.63) is 28.5 Å². The van der Waals surface area contributed by atoms with E-state index in [1.807, 2.05) is 11.8 Å². The second-order valence-corrected chi connectivity index (χ2v) is 6.21. The molecule has 0 saturated carbocycles. The van der Waals surface area contributed by atoms with Crippen molar-refractivity contribution >= 4 is 27.5 Å². The number of hydrogen-bond donors (Lipinski definition) is 2. The summed E-state index contributed by atoms with van der Waals surface area (Å²) in [4.78, 5) is 13.7. The molecule has 0 radical (unpaired) electrons. The summed E-state index contributed by atoms with van der Waals surface area (Å²) < 4.78 is 14.2. The molecule has 1 aromatic carbocycles. The summed E-state index contributed by atoms with van der Waals surface area (Å²) in [6.07, 6.45) is 1.66. The van der Waals surface area contributed by atoms with Gasteiger partial charge in [-0.15, -0.1) is 0 Å². The number of halogens is 2. The third-order valence-electron chi connectivity index (χ3n) is 3.32. The van der Waals surface area contributed by atoms with E-state index in [1.54, 1.807) is 6.07 Å². The number of rotatable bonds is 5. The molecule has 110 valence electrons. The molecule has 0 spiro atoms. The minimum absolute atomic E-state index is 0.168. The van der Waals surface area contributed by atoms with Crippen molar-refractivity contribution in [1.82, 2.24) is 4.90 Å². The quantitative estimate of drug-likeness (QED) is 0.862. The molecular weight excluding hydrogens is 327 g/mol. The van der Waals surface area contributed by atoms with Crippen molar-refractivity contribution in [3.8, 4) is 0 Å². The van der Waals surface area contributed by atoms with Gasteiger partial charge in [0.15, 0.2) is 0 Å². The molecule has 1 aromatic rings. The lowest BCUT2D eigenvalue weighted by atomic mass is 9.89. The lowest BCUT2D eigenvalue weighted by Gasteiger charge is -2.46. The van der Waals surface area contributed by atoms with Gasteiger partial charge >= 0.3 is 0 Å². The second-order valence-electron chi connectivity index (χ2n) is 5.29. The maximum Gasteiger partial charge on any atom is 0.238 e. The van der Waals surface area contributed by atoms with Crippen LogP contribution in [0.5, 0.6) is 0 Å². The summed E-state index contributed by atoms with van der Waals surface area (Å²) in [5, 5.41) is 12.6. The molecule has 1 amide bonds. The standard InChI is InChI=1S/C14H18BrFN2O2/c1-2-5-14(20)8-18(9-14)7-13(19)17-12-4-3-10(15)6-11(12)16/h3-4,6,20H,2,5,7-9H2,1H3,(H,17,19). The molecule has 2 rings (SSSR count). The van der Waals surface area contributed by atoms with E-state index in [4.69, 9.17) is 0 Å². The maximum absolute atomic E-state index is 13.6. The minimum atomic E-state index is -0.655. The van der Waals surface area contributed by atoms with Gasteiger partial charge in [0.2, 0.25) is 5.91 Å². The number of hydrogen-bond acceptors (Lipinski definition) is 3. The van der Waals surface area contributed by atoms with Crippen molar-refractivity contribution in [2.45, 2.75) is 25.4 Å². The minimum Gasteiger partial charge on any atom is -0.387 e. The van der Waals surface area contributed by atoms with Crippen LogP contribution in [-0.2, 0) is 4.79 Å². The Morgan fingerprint density at radius 1 is 1.55 bits per heavy atom. The molecule has 1 saturated heterocycles. The third kappa shape index (κ3) is 3.77. The van der Waals surface area contributed by atoms with Gasteiger partial charge in [0.1, 0.15) is 5.82 Å². The van der Waals surface area contributed by atoms with Gasteiger partial charge in [-0.25, -0.2) is 4.39 Å². The van der Waals surface area contributed by atoms with Crippen LogP contribution in [0.3, 0.4) is 0 Å². The zero-order valence-corrected chi connectivity index (χ0v) is 12.9. The van der Waals surface area contributed by atoms with Crippen molar-refractivity contribution in [1.29, 1.82) is 0 Å². The number of β-amino-alcohol motifs (C(OH)–C–C–N with tert-alkyl or cyclic N) is 1. The van der Waals surface area contributed by atoms with E-state index in [0.29, 0.717) is 17.6 Å². The Labute approximate surface area is 126 Å². The van der Waals surface area contributed by atoms with Crippen molar-refractivity contribution in [3.63, 3.8) is 0 Å². The highest BCUT2D eigenvalue weighted by Crippen LogP contribution is 2.25. The number of likely N-dealkylation sites (tertiary alicyclic amines) is 1. The average Bonchev–Trinajstić information content (AvgIpc) is 2.31. The van der Waals surface area contributed by atoms with Crippen LogP contribution in [0.25, 0.3) is 0 Å². The van der Waals surface area contributed by atoms with Crippen LogP contribution < -0.4 is 5.32 Å². The van der Waals surface area contributed by atoms with E-state index in [9.17, 15) is 14.3 Å². The Morgan fingerprint density at radius 3 is 2.85 bits per heavy atom. The fourth-order valence-corrected chi connectivity index (χ4v) is 2.84. The van der Waals surface area contributed by atoms with Gasteiger partial charge in [0, 0.05) is 17.6 Å². The van der Waals surface area contributed by atoms with E-state index in [0.717, 1.165) is 12.8 Å². The summed E-state index contributed by atoms with van der Waals surface area (Å²) in [5.41, 5.74) is -0.486. The molecule has 0 aliphatic carbocycles. The first-order valence-electron chi connectivity index (χ1n) is 6.61. The first-order chi connectivity index (χ1) is 9.42. The highest BCUT2D eigenvalue weighted by molar-refractivity contribution is 9.10.